The zero-order valence-corrected chi connectivity index (χ0v) is 12.0. The third-order valence-electron chi connectivity index (χ3n) is 2.47. The zero-order valence-electron chi connectivity index (χ0n) is 10.4. The van der Waals surface area contributed by atoms with Crippen molar-refractivity contribution < 1.29 is 0 Å². The highest BCUT2D eigenvalue weighted by atomic mass is 79.9. The number of hydrogen-bond donors (Lipinski definition) is 1. The average molecular weight is 307 g/mol. The molecule has 0 radical (unpaired) electrons. The van der Waals surface area contributed by atoms with Crippen molar-refractivity contribution in [3.05, 3.63) is 46.1 Å². The van der Waals surface area contributed by atoms with Crippen LogP contribution in [0, 0.1) is 6.92 Å². The molecule has 18 heavy (non-hydrogen) atoms. The number of nitrogens with one attached hydrogen (secondary N) is 1. The average Bonchev–Trinajstić information content (AvgIpc) is 2.37. The van der Waals surface area contributed by atoms with Crippen molar-refractivity contribution in [2.75, 3.05) is 11.9 Å². The molecule has 0 unspecified atom stereocenters. The van der Waals surface area contributed by atoms with Crippen molar-refractivity contribution in [2.45, 2.75) is 20.3 Å². The van der Waals surface area contributed by atoms with E-state index in [0.717, 1.165) is 34.0 Å². The van der Waals surface area contributed by atoms with Gasteiger partial charge in [0.25, 0.3) is 0 Å². The largest absolute Gasteiger partial charge is 0.369 e. The lowest BCUT2D eigenvalue weighted by Crippen LogP contribution is -2.07. The van der Waals surface area contributed by atoms with Gasteiger partial charge in [0, 0.05) is 18.4 Å². The molecule has 0 atom stereocenters. The fourth-order valence-corrected chi connectivity index (χ4v) is 1.96. The van der Waals surface area contributed by atoms with E-state index in [1.807, 2.05) is 32.0 Å². The van der Waals surface area contributed by atoms with Crippen LogP contribution in [0.15, 0.2) is 28.9 Å². The van der Waals surface area contributed by atoms with Crippen LogP contribution in [0.25, 0.3) is 0 Å². The Morgan fingerprint density at radius 3 is 2.78 bits per heavy atom. The molecule has 5 heteroatoms. The summed E-state index contributed by atoms with van der Waals surface area (Å²) >= 11 is 3.50. The highest BCUT2D eigenvalue weighted by Gasteiger charge is 2.09. The minimum atomic E-state index is 0.646. The first kappa shape index (κ1) is 13.0. The third kappa shape index (κ3) is 3.04. The minimum absolute atomic E-state index is 0.646. The molecule has 0 fully saturated rings. The summed E-state index contributed by atoms with van der Waals surface area (Å²) in [6.45, 7) is 4.84. The monoisotopic (exact) mass is 306 g/mol. The van der Waals surface area contributed by atoms with Crippen LogP contribution in [0.2, 0.25) is 0 Å². The number of hydrogen-bond acceptors (Lipinski definition) is 4. The Bertz CT molecular complexity index is 528. The molecule has 0 aliphatic rings. The Morgan fingerprint density at radius 1 is 1.28 bits per heavy atom. The number of anilines is 1. The van der Waals surface area contributed by atoms with Crippen LogP contribution in [0.5, 0.6) is 0 Å². The third-order valence-corrected chi connectivity index (χ3v) is 3.42. The van der Waals surface area contributed by atoms with Gasteiger partial charge in [-0.3, -0.25) is 4.98 Å². The van der Waals surface area contributed by atoms with E-state index in [1.54, 1.807) is 6.20 Å². The smallest absolute Gasteiger partial charge is 0.144 e. The molecule has 2 rings (SSSR count). The summed E-state index contributed by atoms with van der Waals surface area (Å²) in [6, 6.07) is 5.86. The Kier molecular flexibility index (Phi) is 4.25. The molecular formula is C13H15BrN4. The summed E-state index contributed by atoms with van der Waals surface area (Å²) < 4.78 is 0.925. The molecule has 2 aromatic heterocycles. The van der Waals surface area contributed by atoms with Gasteiger partial charge in [-0.1, -0.05) is 6.07 Å². The van der Waals surface area contributed by atoms with Gasteiger partial charge in [0.2, 0.25) is 0 Å². The molecule has 0 saturated heterocycles. The van der Waals surface area contributed by atoms with Crippen LogP contribution in [-0.4, -0.2) is 21.5 Å². The first-order chi connectivity index (χ1) is 8.70. The Morgan fingerprint density at radius 2 is 2.11 bits per heavy atom. The fourth-order valence-electron chi connectivity index (χ4n) is 1.65. The molecule has 0 bridgehead atoms. The van der Waals surface area contributed by atoms with Crippen LogP contribution >= 0.6 is 15.9 Å². The van der Waals surface area contributed by atoms with E-state index in [-0.39, 0.29) is 0 Å². The van der Waals surface area contributed by atoms with E-state index in [2.05, 4.69) is 36.2 Å². The topological polar surface area (TPSA) is 50.7 Å². The molecule has 0 aliphatic heterocycles. The highest BCUT2D eigenvalue weighted by Crippen LogP contribution is 2.23. The van der Waals surface area contributed by atoms with Gasteiger partial charge in [0.15, 0.2) is 0 Å². The molecule has 4 nitrogen and oxygen atoms in total. The molecule has 2 heterocycles. The normalized spacial score (nSPS) is 10.4. The second-order valence-corrected chi connectivity index (χ2v) is 4.71. The maximum absolute atomic E-state index is 4.51. The van der Waals surface area contributed by atoms with Crippen LogP contribution in [0.4, 0.5) is 5.82 Å². The van der Waals surface area contributed by atoms with E-state index in [1.165, 1.54) is 0 Å². The van der Waals surface area contributed by atoms with Crippen molar-refractivity contribution in [3.8, 4) is 0 Å². The van der Waals surface area contributed by atoms with Gasteiger partial charge in [0.1, 0.15) is 11.6 Å². The van der Waals surface area contributed by atoms with Gasteiger partial charge in [0.05, 0.1) is 16.6 Å². The van der Waals surface area contributed by atoms with Crippen LogP contribution in [-0.2, 0) is 6.42 Å². The van der Waals surface area contributed by atoms with Crippen molar-refractivity contribution in [2.24, 2.45) is 0 Å². The minimum Gasteiger partial charge on any atom is -0.369 e. The summed E-state index contributed by atoms with van der Waals surface area (Å²) in [5.41, 5.74) is 1.91. The molecule has 0 saturated carbocycles. The summed E-state index contributed by atoms with van der Waals surface area (Å²) in [4.78, 5) is 13.3. The second kappa shape index (κ2) is 5.91. The van der Waals surface area contributed by atoms with Crippen LogP contribution in [0.1, 0.15) is 24.1 Å². The maximum Gasteiger partial charge on any atom is 0.144 e. The van der Waals surface area contributed by atoms with Gasteiger partial charge in [-0.2, -0.15) is 0 Å². The lowest BCUT2D eigenvalue weighted by molar-refractivity contribution is 0.907. The number of aryl methyl sites for hydroxylation is 1. The highest BCUT2D eigenvalue weighted by molar-refractivity contribution is 9.10. The predicted octanol–water partition coefficient (Wildman–Crippen LogP) is 2.97. The Balaban J connectivity index is 2.28. The molecule has 0 amide bonds. The van der Waals surface area contributed by atoms with Gasteiger partial charge in [-0.25, -0.2) is 9.97 Å². The quantitative estimate of drug-likeness (QED) is 0.943. The summed E-state index contributed by atoms with van der Waals surface area (Å²) in [7, 11) is 0. The van der Waals surface area contributed by atoms with Crippen LogP contribution < -0.4 is 5.32 Å². The van der Waals surface area contributed by atoms with Crippen molar-refractivity contribution in [1.29, 1.82) is 0 Å². The molecule has 0 aromatic carbocycles. The summed E-state index contributed by atoms with van der Waals surface area (Å²) in [5.74, 6) is 1.63. The lowest BCUT2D eigenvalue weighted by Gasteiger charge is -2.09. The van der Waals surface area contributed by atoms with Gasteiger partial charge < -0.3 is 5.32 Å². The van der Waals surface area contributed by atoms with Crippen molar-refractivity contribution in [3.63, 3.8) is 0 Å². The maximum atomic E-state index is 4.51. The SMILES string of the molecule is CCNc1nc(Cc2ccccn2)nc(C)c1Br. The van der Waals surface area contributed by atoms with E-state index in [4.69, 9.17) is 0 Å². The van der Waals surface area contributed by atoms with E-state index in [0.29, 0.717) is 6.42 Å². The molecule has 1 N–H and O–H groups in total. The van der Waals surface area contributed by atoms with Gasteiger partial charge in [-0.15, -0.1) is 0 Å². The first-order valence-corrected chi connectivity index (χ1v) is 6.66. The van der Waals surface area contributed by atoms with E-state index >= 15 is 0 Å². The summed E-state index contributed by atoms with van der Waals surface area (Å²) in [6.07, 6.45) is 2.43. The number of rotatable bonds is 4. The number of halogens is 1. The number of nitrogens with zero attached hydrogens (tertiary/aromatic N) is 3. The van der Waals surface area contributed by atoms with E-state index < -0.39 is 0 Å². The molecular weight excluding hydrogens is 292 g/mol. The molecule has 94 valence electrons. The van der Waals surface area contributed by atoms with Gasteiger partial charge >= 0.3 is 0 Å². The van der Waals surface area contributed by atoms with Crippen molar-refractivity contribution in [1.82, 2.24) is 15.0 Å². The Hall–Kier alpha value is -1.49. The number of aromatic nitrogens is 3. The zero-order chi connectivity index (χ0) is 13.0. The number of pyridine rings is 1. The van der Waals surface area contributed by atoms with Gasteiger partial charge in [-0.05, 0) is 41.9 Å². The summed E-state index contributed by atoms with van der Waals surface area (Å²) in [5, 5.41) is 3.22. The molecule has 2 aromatic rings. The Labute approximate surface area is 115 Å². The standard InChI is InChI=1S/C13H15BrN4/c1-3-15-13-12(14)9(2)17-11(18-13)8-10-6-4-5-7-16-10/h4-7H,3,8H2,1-2H3,(H,15,17,18). The fraction of sp³-hybridized carbons (Fsp3) is 0.308. The second-order valence-electron chi connectivity index (χ2n) is 3.92. The first-order valence-electron chi connectivity index (χ1n) is 5.87. The predicted molar refractivity (Wildman–Crippen MR) is 75.7 cm³/mol. The van der Waals surface area contributed by atoms with E-state index in [9.17, 15) is 0 Å². The molecule has 0 spiro atoms. The lowest BCUT2D eigenvalue weighted by atomic mass is 10.2. The van der Waals surface area contributed by atoms with Crippen molar-refractivity contribution >= 4 is 21.7 Å². The molecule has 0 aliphatic carbocycles. The van der Waals surface area contributed by atoms with Crippen LogP contribution in [0.3, 0.4) is 0 Å².